The van der Waals surface area contributed by atoms with Crippen molar-refractivity contribution < 1.29 is 4.39 Å². The molecule has 2 aromatic heterocycles. The van der Waals surface area contributed by atoms with E-state index in [1.54, 1.807) is 7.05 Å². The van der Waals surface area contributed by atoms with E-state index in [2.05, 4.69) is 9.97 Å². The van der Waals surface area contributed by atoms with E-state index in [4.69, 9.17) is 0 Å². The SMILES string of the molecule is Cn1c(=O)c(Cn2cnc3cc(F)ccc3c2=O)nc2ccccc21. The van der Waals surface area contributed by atoms with Gasteiger partial charge in [0.15, 0.2) is 0 Å². The molecule has 0 unspecified atom stereocenters. The molecule has 0 fully saturated rings. The van der Waals surface area contributed by atoms with Crippen LogP contribution < -0.4 is 11.1 Å². The first-order valence-electron chi connectivity index (χ1n) is 7.64. The Bertz CT molecular complexity index is 1240. The number of fused-ring (bicyclic) bond motifs is 2. The van der Waals surface area contributed by atoms with Gasteiger partial charge in [0, 0.05) is 13.1 Å². The Morgan fingerprint density at radius 2 is 1.84 bits per heavy atom. The molecule has 0 bridgehead atoms. The van der Waals surface area contributed by atoms with Gasteiger partial charge in [-0.3, -0.25) is 14.2 Å². The highest BCUT2D eigenvalue weighted by atomic mass is 19.1. The van der Waals surface area contributed by atoms with Gasteiger partial charge in [0.25, 0.3) is 11.1 Å². The molecule has 6 nitrogen and oxygen atoms in total. The fraction of sp³-hybridized carbons (Fsp3) is 0.111. The van der Waals surface area contributed by atoms with Crippen molar-refractivity contribution in [1.82, 2.24) is 19.1 Å². The number of benzene rings is 2. The van der Waals surface area contributed by atoms with E-state index in [-0.39, 0.29) is 28.9 Å². The lowest BCUT2D eigenvalue weighted by molar-refractivity contribution is 0.628. The van der Waals surface area contributed by atoms with Gasteiger partial charge in [-0.05, 0) is 24.3 Å². The zero-order valence-corrected chi connectivity index (χ0v) is 13.3. The number of aryl methyl sites for hydroxylation is 1. The summed E-state index contributed by atoms with van der Waals surface area (Å²) in [5, 5.41) is 0.293. The number of aromatic nitrogens is 4. The van der Waals surface area contributed by atoms with E-state index in [0.717, 1.165) is 5.52 Å². The van der Waals surface area contributed by atoms with E-state index in [1.807, 2.05) is 24.3 Å². The Balaban J connectivity index is 1.87. The fourth-order valence-electron chi connectivity index (χ4n) is 2.85. The van der Waals surface area contributed by atoms with Gasteiger partial charge in [0.1, 0.15) is 11.5 Å². The van der Waals surface area contributed by atoms with E-state index in [9.17, 15) is 14.0 Å². The van der Waals surface area contributed by atoms with E-state index in [0.29, 0.717) is 10.9 Å². The van der Waals surface area contributed by atoms with Crippen LogP contribution in [0.2, 0.25) is 0 Å². The molecule has 25 heavy (non-hydrogen) atoms. The third-order valence-corrected chi connectivity index (χ3v) is 4.16. The predicted octanol–water partition coefficient (Wildman–Crippen LogP) is 1.83. The van der Waals surface area contributed by atoms with Crippen molar-refractivity contribution in [3.05, 3.63) is 81.0 Å². The Labute approximate surface area is 140 Å². The maximum atomic E-state index is 13.3. The molecule has 0 aliphatic heterocycles. The van der Waals surface area contributed by atoms with E-state index < -0.39 is 5.82 Å². The monoisotopic (exact) mass is 336 g/mol. The highest BCUT2D eigenvalue weighted by Crippen LogP contribution is 2.11. The van der Waals surface area contributed by atoms with Gasteiger partial charge in [0.05, 0.1) is 34.8 Å². The largest absolute Gasteiger partial charge is 0.308 e. The summed E-state index contributed by atoms with van der Waals surface area (Å²) < 4.78 is 16.1. The number of nitrogens with zero attached hydrogens (tertiary/aromatic N) is 4. The van der Waals surface area contributed by atoms with Crippen LogP contribution in [0.5, 0.6) is 0 Å². The summed E-state index contributed by atoms with van der Waals surface area (Å²) >= 11 is 0. The predicted molar refractivity (Wildman–Crippen MR) is 92.0 cm³/mol. The van der Waals surface area contributed by atoms with Crippen molar-refractivity contribution in [1.29, 1.82) is 0 Å². The van der Waals surface area contributed by atoms with E-state index in [1.165, 1.54) is 33.7 Å². The normalized spacial score (nSPS) is 11.3. The Morgan fingerprint density at radius 1 is 1.04 bits per heavy atom. The molecule has 0 spiro atoms. The molecule has 124 valence electrons. The minimum atomic E-state index is -0.456. The molecule has 7 heteroatoms. The molecule has 2 heterocycles. The average molecular weight is 336 g/mol. The number of para-hydroxylation sites is 2. The first-order valence-corrected chi connectivity index (χ1v) is 7.64. The lowest BCUT2D eigenvalue weighted by Gasteiger charge is -2.09. The van der Waals surface area contributed by atoms with Crippen LogP contribution in [0.1, 0.15) is 5.69 Å². The molecule has 0 aliphatic carbocycles. The van der Waals surface area contributed by atoms with Crippen LogP contribution in [0.25, 0.3) is 21.9 Å². The minimum absolute atomic E-state index is 0.00332. The second-order valence-corrected chi connectivity index (χ2v) is 5.75. The van der Waals surface area contributed by atoms with Gasteiger partial charge >= 0.3 is 0 Å². The highest BCUT2D eigenvalue weighted by Gasteiger charge is 2.11. The van der Waals surface area contributed by atoms with Crippen molar-refractivity contribution in [3.63, 3.8) is 0 Å². The lowest BCUT2D eigenvalue weighted by Crippen LogP contribution is -2.29. The molecule has 2 aromatic carbocycles. The number of hydrogen-bond acceptors (Lipinski definition) is 4. The molecular weight excluding hydrogens is 323 g/mol. The van der Waals surface area contributed by atoms with Crippen molar-refractivity contribution in [3.8, 4) is 0 Å². The Hall–Kier alpha value is -3.35. The molecule has 0 saturated heterocycles. The van der Waals surface area contributed by atoms with Crippen molar-refractivity contribution >= 4 is 21.9 Å². The van der Waals surface area contributed by atoms with Crippen LogP contribution in [0.3, 0.4) is 0 Å². The zero-order valence-electron chi connectivity index (χ0n) is 13.3. The quantitative estimate of drug-likeness (QED) is 0.560. The van der Waals surface area contributed by atoms with Crippen LogP contribution in [0.15, 0.2) is 58.4 Å². The van der Waals surface area contributed by atoms with Crippen LogP contribution in [-0.4, -0.2) is 19.1 Å². The number of halogens is 1. The summed E-state index contributed by atoms with van der Waals surface area (Å²) in [5.74, 6) is -0.456. The Morgan fingerprint density at radius 3 is 2.68 bits per heavy atom. The molecule has 0 atom stereocenters. The number of hydrogen-bond donors (Lipinski definition) is 0. The van der Waals surface area contributed by atoms with Gasteiger partial charge in [-0.1, -0.05) is 12.1 Å². The maximum absolute atomic E-state index is 13.3. The second kappa shape index (κ2) is 5.62. The van der Waals surface area contributed by atoms with Crippen LogP contribution in [0.4, 0.5) is 4.39 Å². The van der Waals surface area contributed by atoms with Gasteiger partial charge in [-0.2, -0.15) is 0 Å². The average Bonchev–Trinajstić information content (AvgIpc) is 2.61. The van der Waals surface area contributed by atoms with Gasteiger partial charge in [-0.25, -0.2) is 14.4 Å². The summed E-state index contributed by atoms with van der Waals surface area (Å²) in [5.41, 5.74) is 1.29. The molecule has 0 saturated carbocycles. The van der Waals surface area contributed by atoms with Gasteiger partial charge in [-0.15, -0.1) is 0 Å². The van der Waals surface area contributed by atoms with Gasteiger partial charge in [0.2, 0.25) is 0 Å². The summed E-state index contributed by atoms with van der Waals surface area (Å²) in [6.07, 6.45) is 1.31. The maximum Gasteiger partial charge on any atom is 0.274 e. The minimum Gasteiger partial charge on any atom is -0.308 e. The topological polar surface area (TPSA) is 69.8 Å². The second-order valence-electron chi connectivity index (χ2n) is 5.75. The molecule has 0 radical (unpaired) electrons. The van der Waals surface area contributed by atoms with Crippen LogP contribution in [0, 0.1) is 5.82 Å². The van der Waals surface area contributed by atoms with Crippen molar-refractivity contribution in [2.75, 3.05) is 0 Å². The van der Waals surface area contributed by atoms with E-state index >= 15 is 0 Å². The fourth-order valence-corrected chi connectivity index (χ4v) is 2.85. The molecular formula is C18H13FN4O2. The lowest BCUT2D eigenvalue weighted by atomic mass is 10.2. The van der Waals surface area contributed by atoms with Crippen molar-refractivity contribution in [2.45, 2.75) is 6.54 Å². The molecule has 0 amide bonds. The smallest absolute Gasteiger partial charge is 0.274 e. The third-order valence-electron chi connectivity index (χ3n) is 4.16. The summed E-state index contributed by atoms with van der Waals surface area (Å²) in [6.45, 7) is -0.00332. The third kappa shape index (κ3) is 2.50. The molecule has 4 aromatic rings. The summed E-state index contributed by atoms with van der Waals surface area (Å²) in [6, 6.07) is 11.1. The molecule has 0 aliphatic rings. The standard InChI is InChI=1S/C18H13FN4O2/c1-22-16-5-3-2-4-13(16)21-15(18(22)25)9-23-10-20-14-8-11(19)6-7-12(14)17(23)24/h2-8,10H,9H2,1H3. The first-order chi connectivity index (χ1) is 12.0. The van der Waals surface area contributed by atoms with Gasteiger partial charge < -0.3 is 4.57 Å². The Kier molecular flexibility index (Phi) is 3.42. The summed E-state index contributed by atoms with van der Waals surface area (Å²) in [7, 11) is 1.67. The van der Waals surface area contributed by atoms with Crippen LogP contribution in [-0.2, 0) is 13.6 Å². The zero-order chi connectivity index (χ0) is 17.6. The molecule has 4 rings (SSSR count). The van der Waals surface area contributed by atoms with Crippen molar-refractivity contribution in [2.24, 2.45) is 7.05 Å². The van der Waals surface area contributed by atoms with Crippen LogP contribution >= 0.6 is 0 Å². The summed E-state index contributed by atoms with van der Waals surface area (Å²) in [4.78, 5) is 33.6. The first kappa shape index (κ1) is 15.2. The highest BCUT2D eigenvalue weighted by molar-refractivity contribution is 5.77. The number of rotatable bonds is 2. The molecule has 0 N–H and O–H groups in total.